The molecule has 0 aromatic rings. The lowest BCUT2D eigenvalue weighted by Crippen LogP contribution is -2.46. The summed E-state index contributed by atoms with van der Waals surface area (Å²) in [5, 5.41) is 3.49. The Labute approximate surface area is 92.8 Å². The first-order chi connectivity index (χ1) is 6.93. The number of hydrogen-bond donors (Lipinski definition) is 2. The van der Waals surface area contributed by atoms with Gasteiger partial charge in [0.1, 0.15) is 0 Å². The topological polar surface area (TPSA) is 55.1 Å². The fraction of sp³-hybridized carbons (Fsp3) is 0.917. The number of carbonyl (C=O) groups is 1. The maximum absolute atomic E-state index is 11.2. The highest BCUT2D eigenvalue weighted by Crippen LogP contribution is 2.24. The SMILES string of the molecule is CC1CCCCC1NCC(C)(C)C(N)=O. The van der Waals surface area contributed by atoms with Crippen molar-refractivity contribution in [2.45, 2.75) is 52.5 Å². The molecule has 3 N–H and O–H groups in total. The summed E-state index contributed by atoms with van der Waals surface area (Å²) in [6, 6.07) is 0.567. The van der Waals surface area contributed by atoms with E-state index in [1.165, 1.54) is 25.7 Å². The van der Waals surface area contributed by atoms with Gasteiger partial charge >= 0.3 is 0 Å². The van der Waals surface area contributed by atoms with Crippen LogP contribution in [0.25, 0.3) is 0 Å². The van der Waals surface area contributed by atoms with Crippen molar-refractivity contribution >= 4 is 5.91 Å². The minimum Gasteiger partial charge on any atom is -0.369 e. The summed E-state index contributed by atoms with van der Waals surface area (Å²) in [7, 11) is 0. The number of hydrogen-bond acceptors (Lipinski definition) is 2. The highest BCUT2D eigenvalue weighted by Gasteiger charge is 2.28. The molecule has 0 aliphatic heterocycles. The van der Waals surface area contributed by atoms with Crippen molar-refractivity contribution in [2.75, 3.05) is 6.54 Å². The van der Waals surface area contributed by atoms with Crippen LogP contribution in [-0.4, -0.2) is 18.5 Å². The van der Waals surface area contributed by atoms with E-state index in [4.69, 9.17) is 5.73 Å². The maximum atomic E-state index is 11.2. The van der Waals surface area contributed by atoms with Gasteiger partial charge in [-0.25, -0.2) is 0 Å². The second kappa shape index (κ2) is 4.97. The zero-order chi connectivity index (χ0) is 11.5. The number of carbonyl (C=O) groups excluding carboxylic acids is 1. The first-order valence-corrected chi connectivity index (χ1v) is 5.97. The van der Waals surface area contributed by atoms with E-state index in [1.54, 1.807) is 0 Å². The van der Waals surface area contributed by atoms with Gasteiger partial charge in [-0.05, 0) is 32.6 Å². The standard InChI is InChI=1S/C12H24N2O/c1-9-6-4-5-7-10(9)14-8-12(2,3)11(13)15/h9-10,14H,4-8H2,1-3H3,(H2,13,15). The first kappa shape index (κ1) is 12.5. The lowest BCUT2D eigenvalue weighted by atomic mass is 9.84. The molecule has 0 saturated heterocycles. The van der Waals surface area contributed by atoms with Gasteiger partial charge in [-0.3, -0.25) is 4.79 Å². The third-order valence-electron chi connectivity index (χ3n) is 3.58. The number of amides is 1. The molecule has 0 aromatic heterocycles. The Morgan fingerprint density at radius 2 is 2.00 bits per heavy atom. The summed E-state index contributed by atoms with van der Waals surface area (Å²) in [5.74, 6) is 0.501. The number of primary amides is 1. The minimum atomic E-state index is -0.433. The molecule has 0 spiro atoms. The van der Waals surface area contributed by atoms with E-state index in [-0.39, 0.29) is 5.91 Å². The molecular weight excluding hydrogens is 188 g/mol. The van der Waals surface area contributed by atoms with E-state index in [0.717, 1.165) is 5.92 Å². The van der Waals surface area contributed by atoms with Gasteiger partial charge in [-0.2, -0.15) is 0 Å². The third-order valence-corrected chi connectivity index (χ3v) is 3.58. The Hall–Kier alpha value is -0.570. The van der Waals surface area contributed by atoms with Gasteiger partial charge in [0, 0.05) is 12.6 Å². The van der Waals surface area contributed by atoms with Crippen LogP contribution in [0.4, 0.5) is 0 Å². The molecule has 2 atom stereocenters. The Morgan fingerprint density at radius 1 is 1.40 bits per heavy atom. The minimum absolute atomic E-state index is 0.224. The predicted molar refractivity (Wildman–Crippen MR) is 62.4 cm³/mol. The normalized spacial score (nSPS) is 27.7. The van der Waals surface area contributed by atoms with E-state index in [2.05, 4.69) is 12.2 Å². The Kier molecular flexibility index (Phi) is 4.14. The highest BCUT2D eigenvalue weighted by atomic mass is 16.1. The predicted octanol–water partition coefficient (Wildman–Crippen LogP) is 1.67. The van der Waals surface area contributed by atoms with Crippen LogP contribution in [-0.2, 0) is 4.79 Å². The van der Waals surface area contributed by atoms with Crippen LogP contribution in [0.5, 0.6) is 0 Å². The molecule has 1 fully saturated rings. The van der Waals surface area contributed by atoms with Crippen LogP contribution in [0.1, 0.15) is 46.5 Å². The average Bonchev–Trinajstić information content (AvgIpc) is 2.16. The maximum Gasteiger partial charge on any atom is 0.224 e. The zero-order valence-corrected chi connectivity index (χ0v) is 10.2. The van der Waals surface area contributed by atoms with E-state index >= 15 is 0 Å². The molecule has 1 aliphatic carbocycles. The molecule has 0 bridgehead atoms. The molecule has 1 aliphatic rings. The van der Waals surface area contributed by atoms with Crippen LogP contribution in [0.3, 0.4) is 0 Å². The lowest BCUT2D eigenvalue weighted by molar-refractivity contribution is -0.125. The zero-order valence-electron chi connectivity index (χ0n) is 10.2. The van der Waals surface area contributed by atoms with Crippen molar-refractivity contribution < 1.29 is 4.79 Å². The number of nitrogens with one attached hydrogen (secondary N) is 1. The molecule has 3 heteroatoms. The van der Waals surface area contributed by atoms with Gasteiger partial charge in [-0.1, -0.05) is 19.8 Å². The smallest absolute Gasteiger partial charge is 0.224 e. The van der Waals surface area contributed by atoms with E-state index in [0.29, 0.717) is 12.6 Å². The molecule has 0 heterocycles. The van der Waals surface area contributed by atoms with Crippen molar-refractivity contribution in [2.24, 2.45) is 17.1 Å². The molecule has 15 heavy (non-hydrogen) atoms. The summed E-state index contributed by atoms with van der Waals surface area (Å²) in [6.07, 6.45) is 5.18. The van der Waals surface area contributed by atoms with Crippen molar-refractivity contribution in [1.29, 1.82) is 0 Å². The van der Waals surface area contributed by atoms with Gasteiger partial charge in [-0.15, -0.1) is 0 Å². The fourth-order valence-electron chi connectivity index (χ4n) is 2.09. The monoisotopic (exact) mass is 212 g/mol. The van der Waals surface area contributed by atoms with Crippen molar-refractivity contribution in [1.82, 2.24) is 5.32 Å². The molecule has 1 saturated carbocycles. The van der Waals surface area contributed by atoms with E-state index in [9.17, 15) is 4.79 Å². The summed E-state index contributed by atoms with van der Waals surface area (Å²) < 4.78 is 0. The van der Waals surface area contributed by atoms with Crippen LogP contribution in [0, 0.1) is 11.3 Å². The van der Waals surface area contributed by atoms with Crippen molar-refractivity contribution in [3.05, 3.63) is 0 Å². The molecule has 1 rings (SSSR count). The molecule has 88 valence electrons. The number of rotatable bonds is 4. The molecule has 2 unspecified atom stereocenters. The van der Waals surface area contributed by atoms with Crippen LogP contribution in [0.2, 0.25) is 0 Å². The molecule has 0 radical (unpaired) electrons. The van der Waals surface area contributed by atoms with Gasteiger partial charge in [0.05, 0.1) is 5.41 Å². The fourth-order valence-corrected chi connectivity index (χ4v) is 2.09. The second-order valence-corrected chi connectivity index (χ2v) is 5.50. The second-order valence-electron chi connectivity index (χ2n) is 5.50. The summed E-state index contributed by atoms with van der Waals surface area (Å²) in [4.78, 5) is 11.2. The quantitative estimate of drug-likeness (QED) is 0.744. The highest BCUT2D eigenvalue weighted by molar-refractivity contribution is 5.80. The van der Waals surface area contributed by atoms with Crippen LogP contribution in [0.15, 0.2) is 0 Å². The summed E-state index contributed by atoms with van der Waals surface area (Å²) in [6.45, 7) is 6.77. The molecule has 3 nitrogen and oxygen atoms in total. The van der Waals surface area contributed by atoms with Gasteiger partial charge in [0.2, 0.25) is 5.91 Å². The first-order valence-electron chi connectivity index (χ1n) is 5.97. The Balaban J connectivity index is 2.38. The number of nitrogens with two attached hydrogens (primary N) is 1. The van der Waals surface area contributed by atoms with Crippen molar-refractivity contribution in [3.63, 3.8) is 0 Å². The van der Waals surface area contributed by atoms with Gasteiger partial charge < -0.3 is 11.1 Å². The molecule has 0 aromatic carbocycles. The average molecular weight is 212 g/mol. The van der Waals surface area contributed by atoms with Gasteiger partial charge in [0.15, 0.2) is 0 Å². The van der Waals surface area contributed by atoms with E-state index < -0.39 is 5.41 Å². The summed E-state index contributed by atoms with van der Waals surface area (Å²) in [5.41, 5.74) is 4.91. The van der Waals surface area contributed by atoms with Crippen molar-refractivity contribution in [3.8, 4) is 0 Å². The summed E-state index contributed by atoms with van der Waals surface area (Å²) >= 11 is 0. The Morgan fingerprint density at radius 3 is 2.53 bits per heavy atom. The largest absolute Gasteiger partial charge is 0.369 e. The van der Waals surface area contributed by atoms with Gasteiger partial charge in [0.25, 0.3) is 0 Å². The van der Waals surface area contributed by atoms with Crippen LogP contribution < -0.4 is 11.1 Å². The van der Waals surface area contributed by atoms with E-state index in [1.807, 2.05) is 13.8 Å². The Bertz CT molecular complexity index is 226. The molecule has 1 amide bonds. The third kappa shape index (κ3) is 3.49. The molecular formula is C12H24N2O. The lowest BCUT2D eigenvalue weighted by Gasteiger charge is -2.32. The van der Waals surface area contributed by atoms with Crippen LogP contribution >= 0.6 is 0 Å².